The predicted octanol–water partition coefficient (Wildman–Crippen LogP) is 3.59. The lowest BCUT2D eigenvalue weighted by atomic mass is 9.79. The van der Waals surface area contributed by atoms with E-state index >= 15 is 0 Å². The number of nitrogens with zero attached hydrogens (tertiary/aromatic N) is 1. The van der Waals surface area contributed by atoms with Crippen molar-refractivity contribution in [3.63, 3.8) is 0 Å². The Labute approximate surface area is 158 Å². The number of alkyl halides is 3. The van der Waals surface area contributed by atoms with Crippen LogP contribution < -0.4 is 5.32 Å². The summed E-state index contributed by atoms with van der Waals surface area (Å²) in [5.41, 5.74) is -0.414. The standard InChI is InChI=1S/C20H27F3N2O2/c1-3-25(4-2)19(11-9-17(26)10-12-19)14-24-18(27)13-15-5-7-16(8-6-15)20(21,22)23/h5-8H,3-4,9-14H2,1-2H3,(H,24,27). The summed E-state index contributed by atoms with van der Waals surface area (Å²) in [7, 11) is 0. The van der Waals surface area contributed by atoms with Crippen LogP contribution in [0.3, 0.4) is 0 Å². The van der Waals surface area contributed by atoms with E-state index in [1.807, 2.05) is 0 Å². The number of nitrogens with one attached hydrogen (secondary N) is 1. The fraction of sp³-hybridized carbons (Fsp3) is 0.600. The first-order chi connectivity index (χ1) is 12.7. The van der Waals surface area contributed by atoms with Crippen LogP contribution in [0, 0.1) is 0 Å². The molecule has 1 aliphatic carbocycles. The number of Topliss-reactive ketones (excluding diaryl/α,β-unsaturated/α-hetero) is 1. The molecule has 0 aliphatic heterocycles. The zero-order valence-corrected chi connectivity index (χ0v) is 15.9. The van der Waals surface area contributed by atoms with Crippen LogP contribution in [0.4, 0.5) is 13.2 Å². The molecule has 7 heteroatoms. The highest BCUT2D eigenvalue weighted by molar-refractivity contribution is 5.80. The molecule has 1 N–H and O–H groups in total. The van der Waals surface area contributed by atoms with E-state index in [4.69, 9.17) is 0 Å². The van der Waals surface area contributed by atoms with Crippen molar-refractivity contribution in [1.29, 1.82) is 0 Å². The Morgan fingerprint density at radius 2 is 1.67 bits per heavy atom. The minimum atomic E-state index is -4.38. The largest absolute Gasteiger partial charge is 0.416 e. The lowest BCUT2D eigenvalue weighted by Gasteiger charge is -2.45. The highest BCUT2D eigenvalue weighted by atomic mass is 19.4. The zero-order valence-electron chi connectivity index (χ0n) is 15.9. The molecule has 2 rings (SSSR count). The zero-order chi connectivity index (χ0) is 20.1. The van der Waals surface area contributed by atoms with Crippen LogP contribution in [0.15, 0.2) is 24.3 Å². The second-order valence-electron chi connectivity index (χ2n) is 7.08. The monoisotopic (exact) mass is 384 g/mol. The number of halogens is 3. The Kier molecular flexibility index (Phi) is 7.03. The molecule has 0 spiro atoms. The molecule has 1 aliphatic rings. The van der Waals surface area contributed by atoms with E-state index in [1.165, 1.54) is 12.1 Å². The van der Waals surface area contributed by atoms with E-state index in [-0.39, 0.29) is 23.7 Å². The predicted molar refractivity (Wildman–Crippen MR) is 97.3 cm³/mol. The van der Waals surface area contributed by atoms with Gasteiger partial charge < -0.3 is 5.32 Å². The van der Waals surface area contributed by atoms with Gasteiger partial charge in [-0.25, -0.2) is 0 Å². The molecule has 1 aromatic carbocycles. The summed E-state index contributed by atoms with van der Waals surface area (Å²) in [6.45, 7) is 6.23. The van der Waals surface area contributed by atoms with Crippen molar-refractivity contribution in [2.45, 2.75) is 57.7 Å². The van der Waals surface area contributed by atoms with Gasteiger partial charge in [-0.05, 0) is 43.6 Å². The second-order valence-corrected chi connectivity index (χ2v) is 7.08. The Morgan fingerprint density at radius 3 is 2.15 bits per heavy atom. The first-order valence-corrected chi connectivity index (χ1v) is 9.40. The van der Waals surface area contributed by atoms with E-state index in [0.717, 1.165) is 25.2 Å². The van der Waals surface area contributed by atoms with Gasteiger partial charge in [-0.2, -0.15) is 13.2 Å². The van der Waals surface area contributed by atoms with Crippen molar-refractivity contribution < 1.29 is 22.8 Å². The maximum absolute atomic E-state index is 12.6. The van der Waals surface area contributed by atoms with Gasteiger partial charge in [-0.3, -0.25) is 14.5 Å². The first kappa shape index (κ1) is 21.4. The van der Waals surface area contributed by atoms with Gasteiger partial charge in [0.1, 0.15) is 5.78 Å². The Balaban J connectivity index is 1.98. The lowest BCUT2D eigenvalue weighted by Crippen LogP contribution is -2.57. The molecule has 0 radical (unpaired) electrons. The van der Waals surface area contributed by atoms with Crippen LogP contribution in [0.5, 0.6) is 0 Å². The Bertz CT molecular complexity index is 642. The number of ketones is 1. The summed E-state index contributed by atoms with van der Waals surface area (Å²) >= 11 is 0. The highest BCUT2D eigenvalue weighted by Gasteiger charge is 2.39. The van der Waals surface area contributed by atoms with E-state index in [9.17, 15) is 22.8 Å². The molecular weight excluding hydrogens is 357 g/mol. The van der Waals surface area contributed by atoms with Crippen molar-refractivity contribution in [2.24, 2.45) is 0 Å². The number of amides is 1. The Morgan fingerprint density at radius 1 is 1.11 bits per heavy atom. The molecule has 27 heavy (non-hydrogen) atoms. The molecule has 0 atom stereocenters. The van der Waals surface area contributed by atoms with Crippen molar-refractivity contribution in [3.05, 3.63) is 35.4 Å². The SMILES string of the molecule is CCN(CC)C1(CNC(=O)Cc2ccc(C(F)(F)F)cc2)CCC(=O)CC1. The van der Waals surface area contributed by atoms with Gasteiger partial charge in [0.15, 0.2) is 0 Å². The van der Waals surface area contributed by atoms with Crippen LogP contribution >= 0.6 is 0 Å². The van der Waals surface area contributed by atoms with Crippen molar-refractivity contribution >= 4 is 11.7 Å². The molecule has 4 nitrogen and oxygen atoms in total. The topological polar surface area (TPSA) is 49.4 Å². The summed E-state index contributed by atoms with van der Waals surface area (Å²) < 4.78 is 37.8. The molecule has 0 unspecified atom stereocenters. The van der Waals surface area contributed by atoms with Crippen LogP contribution in [-0.4, -0.2) is 41.8 Å². The van der Waals surface area contributed by atoms with Crippen LogP contribution in [0.2, 0.25) is 0 Å². The molecule has 0 bridgehead atoms. The lowest BCUT2D eigenvalue weighted by molar-refractivity contribution is -0.137. The van der Waals surface area contributed by atoms with Crippen LogP contribution in [0.1, 0.15) is 50.7 Å². The molecule has 1 amide bonds. The number of hydrogen-bond donors (Lipinski definition) is 1. The number of carbonyl (C=O) groups is 2. The fourth-order valence-electron chi connectivity index (χ4n) is 3.82. The average Bonchev–Trinajstić information content (AvgIpc) is 2.63. The Hall–Kier alpha value is -1.89. The molecule has 1 saturated carbocycles. The molecule has 1 aromatic rings. The number of likely N-dealkylation sites (N-methyl/N-ethyl adjacent to an activating group) is 1. The second kappa shape index (κ2) is 8.87. The summed E-state index contributed by atoms with van der Waals surface area (Å²) in [5, 5.41) is 2.94. The molecule has 1 fully saturated rings. The number of rotatable bonds is 7. The van der Waals surface area contributed by atoms with Gasteiger partial charge in [0, 0.05) is 24.9 Å². The number of benzene rings is 1. The van der Waals surface area contributed by atoms with Crippen LogP contribution in [-0.2, 0) is 22.2 Å². The third kappa shape index (κ3) is 5.54. The molecule has 150 valence electrons. The van der Waals surface area contributed by atoms with Gasteiger partial charge in [-0.15, -0.1) is 0 Å². The first-order valence-electron chi connectivity index (χ1n) is 9.40. The molecule has 0 saturated heterocycles. The van der Waals surface area contributed by atoms with Crippen molar-refractivity contribution in [1.82, 2.24) is 10.2 Å². The quantitative estimate of drug-likeness (QED) is 0.782. The van der Waals surface area contributed by atoms with Crippen molar-refractivity contribution in [3.8, 4) is 0 Å². The average molecular weight is 384 g/mol. The van der Waals surface area contributed by atoms with Gasteiger partial charge >= 0.3 is 6.18 Å². The molecule has 0 heterocycles. The number of hydrogen-bond acceptors (Lipinski definition) is 3. The summed E-state index contributed by atoms with van der Waals surface area (Å²) in [6, 6.07) is 4.66. The summed E-state index contributed by atoms with van der Waals surface area (Å²) in [6.07, 6.45) is -1.88. The van der Waals surface area contributed by atoms with Gasteiger partial charge in [0.25, 0.3) is 0 Å². The third-order valence-electron chi connectivity index (χ3n) is 5.43. The maximum atomic E-state index is 12.6. The van der Waals surface area contributed by atoms with E-state index in [2.05, 4.69) is 24.1 Å². The maximum Gasteiger partial charge on any atom is 0.416 e. The van der Waals surface area contributed by atoms with Crippen molar-refractivity contribution in [2.75, 3.05) is 19.6 Å². The highest BCUT2D eigenvalue weighted by Crippen LogP contribution is 2.32. The van der Waals surface area contributed by atoms with Gasteiger partial charge in [0.05, 0.1) is 12.0 Å². The third-order valence-corrected chi connectivity index (χ3v) is 5.43. The smallest absolute Gasteiger partial charge is 0.354 e. The summed E-state index contributed by atoms with van der Waals surface area (Å²) in [4.78, 5) is 26.3. The minimum Gasteiger partial charge on any atom is -0.354 e. The molecule has 0 aromatic heterocycles. The fourth-order valence-corrected chi connectivity index (χ4v) is 3.82. The van der Waals surface area contributed by atoms with Gasteiger partial charge in [-0.1, -0.05) is 26.0 Å². The van der Waals surface area contributed by atoms with Crippen LogP contribution in [0.25, 0.3) is 0 Å². The summed E-state index contributed by atoms with van der Waals surface area (Å²) in [5.74, 6) is 0.0343. The van der Waals surface area contributed by atoms with E-state index < -0.39 is 11.7 Å². The van der Waals surface area contributed by atoms with Gasteiger partial charge in [0.2, 0.25) is 5.91 Å². The molecular formula is C20H27F3N2O2. The van der Waals surface area contributed by atoms with E-state index in [0.29, 0.717) is 37.8 Å². The normalized spacial score (nSPS) is 17.2. The van der Waals surface area contributed by atoms with E-state index in [1.54, 1.807) is 0 Å². The minimum absolute atomic E-state index is 0.0331. The number of carbonyl (C=O) groups excluding carboxylic acids is 2.